The minimum absolute atomic E-state index is 0.0107. The van der Waals surface area contributed by atoms with Gasteiger partial charge >= 0.3 is 6.01 Å². The van der Waals surface area contributed by atoms with E-state index >= 15 is 0 Å². The zero-order chi connectivity index (χ0) is 13.1. The van der Waals surface area contributed by atoms with Crippen LogP contribution < -0.4 is 10.2 Å². The molecule has 0 aliphatic carbocycles. The SMILES string of the molecule is CNC(C)c1nnc(N2CCCN(C)C(=O)C2)o1. The molecule has 1 unspecified atom stereocenters. The van der Waals surface area contributed by atoms with Crippen LogP contribution in [0.3, 0.4) is 0 Å². The van der Waals surface area contributed by atoms with E-state index in [1.54, 1.807) is 4.90 Å². The third kappa shape index (κ3) is 2.61. The maximum absolute atomic E-state index is 11.8. The molecule has 0 bridgehead atoms. The second-order valence-corrected chi connectivity index (χ2v) is 4.52. The van der Waals surface area contributed by atoms with E-state index in [1.807, 2.05) is 25.9 Å². The quantitative estimate of drug-likeness (QED) is 0.818. The molecule has 100 valence electrons. The predicted molar refractivity (Wildman–Crippen MR) is 66.2 cm³/mol. The highest BCUT2D eigenvalue weighted by Crippen LogP contribution is 2.18. The van der Waals surface area contributed by atoms with Gasteiger partial charge in [-0.2, -0.15) is 0 Å². The van der Waals surface area contributed by atoms with Gasteiger partial charge in [0.25, 0.3) is 0 Å². The van der Waals surface area contributed by atoms with Crippen LogP contribution in [0.4, 0.5) is 6.01 Å². The Balaban J connectivity index is 2.11. The molecule has 1 N–H and O–H groups in total. The molecular formula is C11H19N5O2. The molecule has 1 saturated heterocycles. The van der Waals surface area contributed by atoms with Gasteiger partial charge in [0, 0.05) is 20.1 Å². The van der Waals surface area contributed by atoms with E-state index in [9.17, 15) is 4.79 Å². The molecule has 0 saturated carbocycles. The highest BCUT2D eigenvalue weighted by atomic mass is 16.4. The number of nitrogens with one attached hydrogen (secondary N) is 1. The Labute approximate surface area is 106 Å². The molecule has 1 amide bonds. The molecule has 1 aliphatic heterocycles. The zero-order valence-corrected chi connectivity index (χ0v) is 11.0. The van der Waals surface area contributed by atoms with Crippen LogP contribution in [0.25, 0.3) is 0 Å². The number of likely N-dealkylation sites (N-methyl/N-ethyl adjacent to an activating group) is 1. The first-order chi connectivity index (χ1) is 8.61. The van der Waals surface area contributed by atoms with Gasteiger partial charge < -0.3 is 19.5 Å². The number of carbonyl (C=O) groups is 1. The van der Waals surface area contributed by atoms with E-state index in [-0.39, 0.29) is 11.9 Å². The highest BCUT2D eigenvalue weighted by Gasteiger charge is 2.23. The summed E-state index contributed by atoms with van der Waals surface area (Å²) in [6, 6.07) is 0.437. The molecule has 2 rings (SSSR count). The van der Waals surface area contributed by atoms with Gasteiger partial charge in [-0.1, -0.05) is 5.10 Å². The molecule has 7 heteroatoms. The highest BCUT2D eigenvalue weighted by molar-refractivity contribution is 5.80. The number of rotatable bonds is 3. The van der Waals surface area contributed by atoms with Crippen molar-refractivity contribution in [1.82, 2.24) is 20.4 Å². The monoisotopic (exact) mass is 253 g/mol. The summed E-state index contributed by atoms with van der Waals surface area (Å²) in [5.41, 5.74) is 0. The van der Waals surface area contributed by atoms with Crippen LogP contribution in [0.1, 0.15) is 25.3 Å². The van der Waals surface area contributed by atoms with Crippen molar-refractivity contribution in [3.8, 4) is 0 Å². The molecule has 1 aromatic rings. The van der Waals surface area contributed by atoms with Gasteiger partial charge in [-0.3, -0.25) is 4.79 Å². The lowest BCUT2D eigenvalue weighted by Gasteiger charge is -2.16. The van der Waals surface area contributed by atoms with Gasteiger partial charge in [-0.25, -0.2) is 0 Å². The van der Waals surface area contributed by atoms with Crippen LogP contribution in [0.5, 0.6) is 0 Å². The van der Waals surface area contributed by atoms with Crippen LogP contribution in [0.15, 0.2) is 4.42 Å². The Hall–Kier alpha value is -1.63. The van der Waals surface area contributed by atoms with Crippen molar-refractivity contribution in [1.29, 1.82) is 0 Å². The third-order valence-corrected chi connectivity index (χ3v) is 3.18. The number of anilines is 1. The lowest BCUT2D eigenvalue weighted by atomic mass is 10.3. The first kappa shape index (κ1) is 12.8. The minimum atomic E-state index is 0.0107. The summed E-state index contributed by atoms with van der Waals surface area (Å²) in [5, 5.41) is 11.0. The number of nitrogens with zero attached hydrogens (tertiary/aromatic N) is 4. The molecule has 1 aliphatic rings. The van der Waals surface area contributed by atoms with Gasteiger partial charge in [0.2, 0.25) is 11.8 Å². The summed E-state index contributed by atoms with van der Waals surface area (Å²) in [6.45, 7) is 3.76. The maximum Gasteiger partial charge on any atom is 0.318 e. The fourth-order valence-corrected chi connectivity index (χ4v) is 1.80. The summed E-state index contributed by atoms with van der Waals surface area (Å²) in [7, 11) is 3.65. The topological polar surface area (TPSA) is 74.5 Å². The molecule has 7 nitrogen and oxygen atoms in total. The summed E-state index contributed by atoms with van der Waals surface area (Å²) in [6.07, 6.45) is 0.904. The van der Waals surface area contributed by atoms with Gasteiger partial charge in [-0.15, -0.1) is 5.10 Å². The van der Waals surface area contributed by atoms with Crippen molar-refractivity contribution >= 4 is 11.9 Å². The Morgan fingerprint density at radius 2 is 2.17 bits per heavy atom. The molecule has 0 radical (unpaired) electrons. The molecule has 0 aromatic carbocycles. The van der Waals surface area contributed by atoms with Crippen molar-refractivity contribution in [2.45, 2.75) is 19.4 Å². The van der Waals surface area contributed by atoms with Crippen LogP contribution in [-0.2, 0) is 4.79 Å². The van der Waals surface area contributed by atoms with Gasteiger partial charge in [0.15, 0.2) is 0 Å². The maximum atomic E-state index is 11.8. The van der Waals surface area contributed by atoms with Crippen molar-refractivity contribution < 1.29 is 9.21 Å². The minimum Gasteiger partial charge on any atom is -0.406 e. The van der Waals surface area contributed by atoms with Gasteiger partial charge in [0.05, 0.1) is 6.04 Å². The van der Waals surface area contributed by atoms with Crippen molar-refractivity contribution in [2.24, 2.45) is 0 Å². The molecule has 2 heterocycles. The molecule has 0 spiro atoms. The lowest BCUT2D eigenvalue weighted by Crippen LogP contribution is -2.34. The van der Waals surface area contributed by atoms with Gasteiger partial charge in [-0.05, 0) is 20.4 Å². The van der Waals surface area contributed by atoms with Crippen molar-refractivity contribution in [3.63, 3.8) is 0 Å². The smallest absolute Gasteiger partial charge is 0.318 e. The Morgan fingerprint density at radius 3 is 2.89 bits per heavy atom. The van der Waals surface area contributed by atoms with Gasteiger partial charge in [0.1, 0.15) is 6.54 Å². The first-order valence-electron chi connectivity index (χ1n) is 6.11. The summed E-state index contributed by atoms with van der Waals surface area (Å²) in [5.74, 6) is 0.617. The molecule has 1 atom stereocenters. The summed E-state index contributed by atoms with van der Waals surface area (Å²) >= 11 is 0. The van der Waals surface area contributed by atoms with E-state index in [2.05, 4.69) is 15.5 Å². The predicted octanol–water partition coefficient (Wildman–Crippen LogP) is 0.0185. The Kier molecular flexibility index (Phi) is 3.81. The number of carbonyl (C=O) groups excluding carboxylic acids is 1. The zero-order valence-electron chi connectivity index (χ0n) is 11.0. The normalized spacial score (nSPS) is 18.9. The van der Waals surface area contributed by atoms with Crippen molar-refractivity contribution in [2.75, 3.05) is 38.6 Å². The average Bonchev–Trinajstić information content (AvgIpc) is 2.79. The number of aromatic nitrogens is 2. The fraction of sp³-hybridized carbons (Fsp3) is 0.727. The van der Waals surface area contributed by atoms with Crippen LogP contribution in [-0.4, -0.2) is 54.7 Å². The van der Waals surface area contributed by atoms with E-state index in [0.29, 0.717) is 18.5 Å². The average molecular weight is 253 g/mol. The number of hydrogen-bond donors (Lipinski definition) is 1. The van der Waals surface area contributed by atoms with E-state index < -0.39 is 0 Å². The second kappa shape index (κ2) is 5.34. The molecule has 18 heavy (non-hydrogen) atoms. The van der Waals surface area contributed by atoms with Crippen LogP contribution in [0.2, 0.25) is 0 Å². The van der Waals surface area contributed by atoms with E-state index in [4.69, 9.17) is 4.42 Å². The number of hydrogen-bond acceptors (Lipinski definition) is 6. The standard InChI is InChI=1S/C11H19N5O2/c1-8(12-2)10-13-14-11(18-10)16-6-4-5-15(3)9(17)7-16/h8,12H,4-7H2,1-3H3. The lowest BCUT2D eigenvalue weighted by molar-refractivity contribution is -0.127. The van der Waals surface area contributed by atoms with Crippen LogP contribution in [0, 0.1) is 0 Å². The summed E-state index contributed by atoms with van der Waals surface area (Å²) < 4.78 is 5.59. The fourth-order valence-electron chi connectivity index (χ4n) is 1.80. The Bertz CT molecular complexity index is 419. The Morgan fingerprint density at radius 1 is 1.39 bits per heavy atom. The largest absolute Gasteiger partial charge is 0.406 e. The molecule has 1 fully saturated rings. The first-order valence-corrected chi connectivity index (χ1v) is 6.11. The molecule has 1 aromatic heterocycles. The summed E-state index contributed by atoms with van der Waals surface area (Å²) in [4.78, 5) is 15.3. The van der Waals surface area contributed by atoms with Crippen LogP contribution >= 0.6 is 0 Å². The van der Waals surface area contributed by atoms with E-state index in [0.717, 1.165) is 19.5 Å². The van der Waals surface area contributed by atoms with Crippen molar-refractivity contribution in [3.05, 3.63) is 5.89 Å². The van der Waals surface area contributed by atoms with E-state index in [1.165, 1.54) is 0 Å². The number of amides is 1. The second-order valence-electron chi connectivity index (χ2n) is 4.52. The third-order valence-electron chi connectivity index (χ3n) is 3.18. The molecular weight excluding hydrogens is 234 g/mol.